The number of halogens is 1. The van der Waals surface area contributed by atoms with Crippen LogP contribution in [0.5, 0.6) is 0 Å². The van der Waals surface area contributed by atoms with Crippen LogP contribution in [0.3, 0.4) is 0 Å². The molecule has 0 aromatic rings. The van der Waals surface area contributed by atoms with Crippen molar-refractivity contribution in [3.05, 3.63) is 12.7 Å². The van der Waals surface area contributed by atoms with Gasteiger partial charge in [0, 0.05) is 11.2 Å². The average Bonchev–Trinajstić information content (AvgIpc) is 1.98. The summed E-state index contributed by atoms with van der Waals surface area (Å²) in [5, 5.41) is 0. The van der Waals surface area contributed by atoms with Crippen molar-refractivity contribution in [2.24, 2.45) is 5.92 Å². The zero-order chi connectivity index (χ0) is 9.61. The summed E-state index contributed by atoms with van der Waals surface area (Å²) >= 11 is 5.42. The number of hydrogen-bond donors (Lipinski definition) is 0. The second-order valence-electron chi connectivity index (χ2n) is 2.70. The molecule has 0 spiro atoms. The van der Waals surface area contributed by atoms with Gasteiger partial charge >= 0.3 is 6.95 Å². The standard InChI is InChI=1S/C7H14ClO3P/c1-4-5-10-12(8,9)11-6-7(2)3/h4,7H,1,5-6H2,2-3H3. The molecule has 0 saturated heterocycles. The van der Waals surface area contributed by atoms with Crippen LogP contribution in [0.4, 0.5) is 0 Å². The van der Waals surface area contributed by atoms with Crippen LogP contribution in [0.2, 0.25) is 0 Å². The van der Waals surface area contributed by atoms with E-state index in [-0.39, 0.29) is 12.5 Å². The quantitative estimate of drug-likeness (QED) is 0.501. The molecule has 0 aromatic carbocycles. The molecule has 5 heteroatoms. The minimum atomic E-state index is -3.36. The van der Waals surface area contributed by atoms with Crippen LogP contribution in [0.1, 0.15) is 13.8 Å². The molecule has 0 amide bonds. The van der Waals surface area contributed by atoms with Crippen LogP contribution in [-0.2, 0) is 13.6 Å². The Labute approximate surface area is 78.0 Å². The smallest absolute Gasteiger partial charge is 0.297 e. The van der Waals surface area contributed by atoms with E-state index >= 15 is 0 Å². The zero-order valence-corrected chi connectivity index (χ0v) is 8.98. The van der Waals surface area contributed by atoms with Gasteiger partial charge in [-0.15, -0.1) is 6.58 Å². The van der Waals surface area contributed by atoms with E-state index in [1.165, 1.54) is 6.08 Å². The molecule has 12 heavy (non-hydrogen) atoms. The van der Waals surface area contributed by atoms with Crippen LogP contribution in [0, 0.1) is 5.92 Å². The maximum Gasteiger partial charge on any atom is 0.424 e. The normalized spacial score (nSPS) is 16.0. The molecular formula is C7H14ClO3P. The predicted octanol–water partition coefficient (Wildman–Crippen LogP) is 3.21. The van der Waals surface area contributed by atoms with Crippen molar-refractivity contribution in [2.45, 2.75) is 13.8 Å². The molecular weight excluding hydrogens is 199 g/mol. The van der Waals surface area contributed by atoms with E-state index in [4.69, 9.17) is 20.3 Å². The minimum Gasteiger partial charge on any atom is -0.297 e. The van der Waals surface area contributed by atoms with Gasteiger partial charge in [0.1, 0.15) is 0 Å². The Morgan fingerprint density at radius 1 is 1.58 bits per heavy atom. The summed E-state index contributed by atoms with van der Waals surface area (Å²) in [4.78, 5) is 0. The Hall–Kier alpha value is 0.180. The van der Waals surface area contributed by atoms with E-state index in [1.807, 2.05) is 13.8 Å². The molecule has 0 saturated carbocycles. The Balaban J connectivity index is 3.71. The molecule has 72 valence electrons. The highest BCUT2D eigenvalue weighted by Gasteiger charge is 2.20. The van der Waals surface area contributed by atoms with Crippen molar-refractivity contribution < 1.29 is 13.6 Å². The van der Waals surface area contributed by atoms with E-state index < -0.39 is 6.95 Å². The topological polar surface area (TPSA) is 35.5 Å². The van der Waals surface area contributed by atoms with Crippen LogP contribution >= 0.6 is 18.2 Å². The van der Waals surface area contributed by atoms with Gasteiger partial charge < -0.3 is 0 Å². The first-order valence-electron chi connectivity index (χ1n) is 3.67. The maximum atomic E-state index is 11.2. The fourth-order valence-corrected chi connectivity index (χ4v) is 1.59. The van der Waals surface area contributed by atoms with E-state index in [0.29, 0.717) is 6.61 Å². The third-order valence-electron chi connectivity index (χ3n) is 0.909. The zero-order valence-electron chi connectivity index (χ0n) is 7.33. The van der Waals surface area contributed by atoms with E-state index in [9.17, 15) is 4.57 Å². The van der Waals surface area contributed by atoms with Gasteiger partial charge in [0.05, 0.1) is 13.2 Å². The molecule has 0 aromatic heterocycles. The second-order valence-corrected chi connectivity index (χ2v) is 5.32. The highest BCUT2D eigenvalue weighted by molar-refractivity contribution is 7.81. The van der Waals surface area contributed by atoms with Crippen molar-refractivity contribution in [1.82, 2.24) is 0 Å². The van der Waals surface area contributed by atoms with Crippen LogP contribution in [0.25, 0.3) is 0 Å². The molecule has 0 fully saturated rings. The van der Waals surface area contributed by atoms with Gasteiger partial charge in [0.25, 0.3) is 0 Å². The van der Waals surface area contributed by atoms with Gasteiger partial charge in [-0.3, -0.25) is 9.05 Å². The lowest BCUT2D eigenvalue weighted by Gasteiger charge is -2.11. The summed E-state index contributed by atoms with van der Waals surface area (Å²) in [6.45, 7) is 4.38. The molecule has 1 unspecified atom stereocenters. The molecule has 0 radical (unpaired) electrons. The Bertz CT molecular complexity index is 181. The summed E-state index contributed by atoms with van der Waals surface area (Å²) in [6, 6.07) is 0. The number of hydrogen-bond acceptors (Lipinski definition) is 3. The first-order chi connectivity index (χ1) is 5.48. The molecule has 0 aliphatic carbocycles. The first kappa shape index (κ1) is 12.2. The largest absolute Gasteiger partial charge is 0.424 e. The summed E-state index contributed by atoms with van der Waals surface area (Å²) < 4.78 is 20.7. The average molecular weight is 213 g/mol. The molecule has 0 aliphatic rings. The van der Waals surface area contributed by atoms with Crippen molar-refractivity contribution in [3.63, 3.8) is 0 Å². The SMILES string of the molecule is C=CCOP(=O)(Cl)OCC(C)C. The Kier molecular flexibility index (Phi) is 5.85. The molecule has 0 bridgehead atoms. The lowest BCUT2D eigenvalue weighted by atomic mass is 10.2. The van der Waals surface area contributed by atoms with Crippen LogP contribution in [0.15, 0.2) is 12.7 Å². The third kappa shape index (κ3) is 6.86. The van der Waals surface area contributed by atoms with Gasteiger partial charge in [-0.2, -0.15) is 0 Å². The highest BCUT2D eigenvalue weighted by Crippen LogP contribution is 2.53. The van der Waals surface area contributed by atoms with E-state index in [1.54, 1.807) is 0 Å². The van der Waals surface area contributed by atoms with Crippen molar-refractivity contribution in [2.75, 3.05) is 13.2 Å². The Morgan fingerprint density at radius 2 is 2.17 bits per heavy atom. The van der Waals surface area contributed by atoms with Gasteiger partial charge in [0.15, 0.2) is 0 Å². The monoisotopic (exact) mass is 212 g/mol. The van der Waals surface area contributed by atoms with Crippen molar-refractivity contribution in [3.8, 4) is 0 Å². The van der Waals surface area contributed by atoms with Crippen LogP contribution in [-0.4, -0.2) is 13.2 Å². The fraction of sp³-hybridized carbons (Fsp3) is 0.714. The fourth-order valence-electron chi connectivity index (χ4n) is 0.417. The van der Waals surface area contributed by atoms with E-state index in [0.717, 1.165) is 0 Å². The second kappa shape index (κ2) is 5.76. The molecule has 3 nitrogen and oxygen atoms in total. The summed E-state index contributed by atoms with van der Waals surface area (Å²) in [7, 11) is 0. The molecule has 0 rings (SSSR count). The van der Waals surface area contributed by atoms with Gasteiger partial charge in [-0.25, -0.2) is 4.57 Å². The van der Waals surface area contributed by atoms with Gasteiger partial charge in [-0.05, 0) is 5.92 Å². The van der Waals surface area contributed by atoms with Crippen molar-refractivity contribution >= 4 is 18.2 Å². The van der Waals surface area contributed by atoms with Gasteiger partial charge in [-0.1, -0.05) is 19.9 Å². The molecule has 0 aliphatic heterocycles. The van der Waals surface area contributed by atoms with E-state index in [2.05, 4.69) is 6.58 Å². The summed E-state index contributed by atoms with van der Waals surface area (Å²) in [5.41, 5.74) is 0. The first-order valence-corrected chi connectivity index (χ1v) is 6.12. The number of rotatable bonds is 6. The van der Waals surface area contributed by atoms with Crippen LogP contribution < -0.4 is 0 Å². The Morgan fingerprint density at radius 3 is 2.58 bits per heavy atom. The van der Waals surface area contributed by atoms with Gasteiger partial charge in [0.2, 0.25) is 0 Å². The predicted molar refractivity (Wildman–Crippen MR) is 50.4 cm³/mol. The maximum absolute atomic E-state index is 11.2. The molecule has 0 N–H and O–H groups in total. The lowest BCUT2D eigenvalue weighted by molar-refractivity contribution is 0.212. The lowest BCUT2D eigenvalue weighted by Crippen LogP contribution is -1.99. The summed E-state index contributed by atoms with van der Waals surface area (Å²) in [5.74, 6) is 0.282. The summed E-state index contributed by atoms with van der Waals surface area (Å²) in [6.07, 6.45) is 1.47. The third-order valence-corrected chi connectivity index (χ3v) is 2.41. The molecule has 0 heterocycles. The molecule has 1 atom stereocenters. The van der Waals surface area contributed by atoms with Crippen molar-refractivity contribution in [1.29, 1.82) is 0 Å². The minimum absolute atomic E-state index is 0.138. The highest BCUT2D eigenvalue weighted by atomic mass is 35.7.